The summed E-state index contributed by atoms with van der Waals surface area (Å²) in [5, 5.41) is 0. The number of aromatic nitrogens is 2. The normalized spacial score (nSPS) is 10.5. The van der Waals surface area contributed by atoms with Crippen LogP contribution >= 0.6 is 28.1 Å². The Bertz CT molecular complexity index is 565. The van der Waals surface area contributed by atoms with Gasteiger partial charge in [0, 0.05) is 17.3 Å². The zero-order chi connectivity index (χ0) is 12.3. The van der Waals surface area contributed by atoms with Crippen molar-refractivity contribution in [3.8, 4) is 11.3 Å². The summed E-state index contributed by atoms with van der Waals surface area (Å²) in [7, 11) is 1.63. The molecule has 2 rings (SSSR count). The number of benzene rings is 1. The molecule has 1 aromatic heterocycles. The third kappa shape index (κ3) is 3.21. The molecule has 3 nitrogen and oxygen atoms in total. The smallest absolute Gasteiger partial charge is 0.134 e. The van der Waals surface area contributed by atoms with Gasteiger partial charge in [-0.2, -0.15) is 0 Å². The fraction of sp³-hybridized carbons (Fsp3) is 0.167. The Kier molecular flexibility index (Phi) is 4.04. The number of H-pyrrole nitrogens is 1. The molecule has 0 atom stereocenters. The van der Waals surface area contributed by atoms with E-state index in [1.54, 1.807) is 7.11 Å². The Morgan fingerprint density at radius 3 is 2.71 bits per heavy atom. The van der Waals surface area contributed by atoms with Crippen LogP contribution in [0.4, 0.5) is 0 Å². The van der Waals surface area contributed by atoms with Crippen molar-refractivity contribution in [1.82, 2.24) is 9.97 Å². The predicted molar refractivity (Wildman–Crippen MR) is 73.3 cm³/mol. The number of rotatable bonds is 3. The number of hydrogen-bond acceptors (Lipinski definition) is 3. The molecule has 1 heterocycles. The molecule has 0 radical (unpaired) electrons. The van der Waals surface area contributed by atoms with Crippen molar-refractivity contribution >= 4 is 28.1 Å². The highest BCUT2D eigenvalue weighted by Crippen LogP contribution is 2.20. The molecule has 2 aromatic rings. The first-order chi connectivity index (χ1) is 8.19. The van der Waals surface area contributed by atoms with Crippen molar-refractivity contribution in [3.05, 3.63) is 45.3 Å². The lowest BCUT2D eigenvalue weighted by Gasteiger charge is -2.05. The molecule has 0 spiro atoms. The Morgan fingerprint density at radius 2 is 2.06 bits per heavy atom. The van der Waals surface area contributed by atoms with Crippen LogP contribution in [0.15, 0.2) is 34.8 Å². The molecule has 0 aliphatic heterocycles. The SMILES string of the molecule is COCc1nc(=S)cc(-c2ccc(Br)cc2)[nH]1. The molecule has 1 aromatic carbocycles. The third-order valence-corrected chi connectivity index (χ3v) is 2.97. The Morgan fingerprint density at radius 1 is 1.35 bits per heavy atom. The van der Waals surface area contributed by atoms with Gasteiger partial charge in [-0.15, -0.1) is 0 Å². The molecule has 1 N–H and O–H groups in total. The Labute approximate surface area is 113 Å². The molecule has 0 bridgehead atoms. The van der Waals surface area contributed by atoms with Gasteiger partial charge in [-0.05, 0) is 23.8 Å². The summed E-state index contributed by atoms with van der Waals surface area (Å²) in [4.78, 5) is 7.40. The standard InChI is InChI=1S/C12H11BrN2OS/c1-16-7-11-14-10(6-12(17)15-11)8-2-4-9(13)5-3-8/h2-6H,7H2,1H3,(H,14,15,17). The van der Waals surface area contributed by atoms with Crippen LogP contribution in [0.1, 0.15) is 5.82 Å². The number of aromatic amines is 1. The van der Waals surface area contributed by atoms with E-state index in [9.17, 15) is 0 Å². The minimum absolute atomic E-state index is 0.425. The van der Waals surface area contributed by atoms with Gasteiger partial charge in [0.2, 0.25) is 0 Å². The number of halogens is 1. The van der Waals surface area contributed by atoms with Gasteiger partial charge in [0.25, 0.3) is 0 Å². The van der Waals surface area contributed by atoms with Gasteiger partial charge < -0.3 is 9.72 Å². The molecule has 5 heteroatoms. The van der Waals surface area contributed by atoms with Crippen LogP contribution in [0.25, 0.3) is 11.3 Å². The summed E-state index contributed by atoms with van der Waals surface area (Å²) in [5.74, 6) is 0.734. The van der Waals surface area contributed by atoms with Crippen LogP contribution in [0.2, 0.25) is 0 Å². The second-order valence-corrected chi connectivity index (χ2v) is 4.85. The lowest BCUT2D eigenvalue weighted by Crippen LogP contribution is -1.98. The Balaban J connectivity index is 2.44. The molecule has 88 valence electrons. The first kappa shape index (κ1) is 12.4. The highest BCUT2D eigenvalue weighted by molar-refractivity contribution is 9.10. The van der Waals surface area contributed by atoms with Gasteiger partial charge in [0.05, 0.1) is 0 Å². The van der Waals surface area contributed by atoms with Crippen molar-refractivity contribution in [2.24, 2.45) is 0 Å². The van der Waals surface area contributed by atoms with Crippen LogP contribution in [-0.2, 0) is 11.3 Å². The number of nitrogens with zero attached hydrogens (tertiary/aromatic N) is 1. The molecule has 0 aliphatic rings. The average molecular weight is 311 g/mol. The van der Waals surface area contributed by atoms with Gasteiger partial charge in [-0.1, -0.05) is 40.3 Å². The summed E-state index contributed by atoms with van der Waals surface area (Å²) in [6, 6.07) is 9.85. The van der Waals surface area contributed by atoms with Crippen molar-refractivity contribution in [1.29, 1.82) is 0 Å². The van der Waals surface area contributed by atoms with E-state index in [0.29, 0.717) is 11.2 Å². The summed E-state index contributed by atoms with van der Waals surface area (Å²) in [5.41, 5.74) is 2.02. The van der Waals surface area contributed by atoms with E-state index < -0.39 is 0 Å². The fourth-order valence-corrected chi connectivity index (χ4v) is 1.99. The second kappa shape index (κ2) is 5.53. The van der Waals surface area contributed by atoms with E-state index in [-0.39, 0.29) is 0 Å². The number of methoxy groups -OCH3 is 1. The van der Waals surface area contributed by atoms with Crippen LogP contribution in [0, 0.1) is 4.64 Å². The summed E-state index contributed by atoms with van der Waals surface area (Å²) in [6.07, 6.45) is 0. The lowest BCUT2D eigenvalue weighted by atomic mass is 10.1. The van der Waals surface area contributed by atoms with E-state index in [2.05, 4.69) is 25.9 Å². The summed E-state index contributed by atoms with van der Waals surface area (Å²) in [6.45, 7) is 0.425. The van der Waals surface area contributed by atoms with Crippen LogP contribution in [-0.4, -0.2) is 17.1 Å². The van der Waals surface area contributed by atoms with Gasteiger partial charge in [0.1, 0.15) is 17.1 Å². The van der Waals surface area contributed by atoms with E-state index in [4.69, 9.17) is 17.0 Å². The molecular weight excluding hydrogens is 300 g/mol. The zero-order valence-corrected chi connectivity index (χ0v) is 11.6. The molecule has 0 saturated heterocycles. The van der Waals surface area contributed by atoms with Crippen LogP contribution in [0.3, 0.4) is 0 Å². The number of ether oxygens (including phenoxy) is 1. The molecular formula is C12H11BrN2OS. The molecule has 0 unspecified atom stereocenters. The first-order valence-electron chi connectivity index (χ1n) is 5.04. The molecule has 0 saturated carbocycles. The molecule has 0 aliphatic carbocycles. The Hall–Kier alpha value is -1.04. The van der Waals surface area contributed by atoms with Crippen LogP contribution in [0.5, 0.6) is 0 Å². The predicted octanol–water partition coefficient (Wildman–Crippen LogP) is 3.72. The van der Waals surface area contributed by atoms with E-state index in [0.717, 1.165) is 21.6 Å². The first-order valence-corrected chi connectivity index (χ1v) is 6.24. The molecule has 0 amide bonds. The third-order valence-electron chi connectivity index (χ3n) is 2.23. The van der Waals surface area contributed by atoms with Crippen molar-refractivity contribution in [2.45, 2.75) is 6.61 Å². The largest absolute Gasteiger partial charge is 0.377 e. The maximum absolute atomic E-state index is 5.13. The maximum Gasteiger partial charge on any atom is 0.134 e. The molecule has 0 fully saturated rings. The van der Waals surface area contributed by atoms with E-state index in [1.165, 1.54) is 0 Å². The minimum atomic E-state index is 0.425. The second-order valence-electron chi connectivity index (χ2n) is 3.52. The minimum Gasteiger partial charge on any atom is -0.377 e. The fourth-order valence-electron chi connectivity index (χ4n) is 1.50. The summed E-state index contributed by atoms with van der Waals surface area (Å²) >= 11 is 8.54. The lowest BCUT2D eigenvalue weighted by molar-refractivity contribution is 0.177. The van der Waals surface area contributed by atoms with Crippen LogP contribution < -0.4 is 0 Å². The van der Waals surface area contributed by atoms with E-state index >= 15 is 0 Å². The van der Waals surface area contributed by atoms with Gasteiger partial charge >= 0.3 is 0 Å². The van der Waals surface area contributed by atoms with E-state index in [1.807, 2.05) is 30.3 Å². The van der Waals surface area contributed by atoms with Crippen molar-refractivity contribution < 1.29 is 4.74 Å². The average Bonchev–Trinajstić information content (AvgIpc) is 2.29. The zero-order valence-electron chi connectivity index (χ0n) is 9.24. The van der Waals surface area contributed by atoms with Crippen molar-refractivity contribution in [2.75, 3.05) is 7.11 Å². The van der Waals surface area contributed by atoms with Gasteiger partial charge in [0.15, 0.2) is 0 Å². The highest BCUT2D eigenvalue weighted by Gasteiger charge is 2.01. The maximum atomic E-state index is 5.13. The quantitative estimate of drug-likeness (QED) is 0.878. The number of nitrogens with one attached hydrogen (secondary N) is 1. The number of hydrogen-bond donors (Lipinski definition) is 1. The van der Waals surface area contributed by atoms with Gasteiger partial charge in [-0.25, -0.2) is 4.98 Å². The van der Waals surface area contributed by atoms with Crippen molar-refractivity contribution in [3.63, 3.8) is 0 Å². The topological polar surface area (TPSA) is 37.9 Å². The molecule has 17 heavy (non-hydrogen) atoms. The monoisotopic (exact) mass is 310 g/mol. The highest BCUT2D eigenvalue weighted by atomic mass is 79.9. The van der Waals surface area contributed by atoms with Gasteiger partial charge in [-0.3, -0.25) is 0 Å². The summed E-state index contributed by atoms with van der Waals surface area (Å²) < 4.78 is 6.66.